The molecule has 0 aliphatic carbocycles. The molecule has 0 unspecified atom stereocenters. The molecule has 9 aromatic carbocycles. The van der Waals surface area contributed by atoms with Gasteiger partial charge in [-0.2, -0.15) is 0 Å². The van der Waals surface area contributed by atoms with Gasteiger partial charge in [0.05, 0.1) is 0 Å². The van der Waals surface area contributed by atoms with Crippen LogP contribution in [0.1, 0.15) is 0 Å². The zero-order valence-electron chi connectivity index (χ0n) is 30.8. The van der Waals surface area contributed by atoms with Crippen LogP contribution in [0.2, 0.25) is 0 Å². The predicted molar refractivity (Wildman–Crippen MR) is 246 cm³/mol. The fourth-order valence-electron chi connectivity index (χ4n) is 9.26. The second kappa shape index (κ2) is 13.1. The quantitative estimate of drug-likeness (QED) is 0.164. The first-order valence-electron chi connectivity index (χ1n) is 19.4. The summed E-state index contributed by atoms with van der Waals surface area (Å²) in [4.78, 5) is 10.7. The average molecular weight is 811 g/mol. The minimum Gasteiger partial charge on any atom is -0.457 e. The van der Waals surface area contributed by atoms with Gasteiger partial charge in [0.25, 0.3) is 0 Å². The van der Waals surface area contributed by atoms with Gasteiger partial charge in [0.15, 0.2) is 0 Å². The van der Waals surface area contributed by atoms with E-state index >= 15 is 0 Å². The van der Waals surface area contributed by atoms with Crippen molar-refractivity contribution in [3.8, 4) is 23.0 Å². The fraction of sp³-hybridized carbons (Fsp3) is 0. The highest BCUT2D eigenvalue weighted by Gasteiger charge is 2.43. The lowest BCUT2D eigenvalue weighted by atomic mass is 9.33. The second-order valence-corrected chi connectivity index (χ2v) is 19.4. The van der Waals surface area contributed by atoms with Crippen LogP contribution in [0.15, 0.2) is 209 Å². The summed E-state index contributed by atoms with van der Waals surface area (Å²) in [7, 11) is 0. The zero-order valence-corrected chi connectivity index (χ0v) is 34.0. The molecule has 270 valence electrons. The van der Waals surface area contributed by atoms with Gasteiger partial charge in [-0.15, -0.1) is 0 Å². The van der Waals surface area contributed by atoms with Crippen LogP contribution in [-0.2, 0) is 0 Å². The van der Waals surface area contributed by atoms with Gasteiger partial charge in [0, 0.05) is 39.2 Å². The molecule has 4 aliphatic rings. The summed E-state index contributed by atoms with van der Waals surface area (Å²) in [5, 5.41) is 4.97. The number of hydrogen-bond acceptors (Lipinski definition) is 6. The standard InChI is InChI=1S/C50H28B2O2S4/c1-3-11-31(12-4-1)53-33-19-21-35-29(23-33)25-45-47-49(35)57-41-17-9-7-15-37(41)51(47)39-27-40-44(28-43(39)55-45)56-46-26-30-24-34(54-32-13-5-2-6-14-32)20-22-36(30)50-48(46)52(40)38-16-8-10-18-42(38)58-50/h1-28H. The second-order valence-electron chi connectivity index (χ2n) is 15.1. The summed E-state index contributed by atoms with van der Waals surface area (Å²) < 4.78 is 12.7. The summed E-state index contributed by atoms with van der Waals surface area (Å²) in [6.45, 7) is 0.291. The number of ether oxygens (including phenoxy) is 2. The Morgan fingerprint density at radius 2 is 0.759 bits per heavy atom. The summed E-state index contributed by atoms with van der Waals surface area (Å²) in [6.07, 6.45) is 0. The third-order valence-electron chi connectivity index (χ3n) is 11.8. The molecule has 0 aromatic heterocycles. The van der Waals surface area contributed by atoms with Gasteiger partial charge >= 0.3 is 0 Å². The molecular weight excluding hydrogens is 782 g/mol. The summed E-state index contributed by atoms with van der Waals surface area (Å²) in [6, 6.07) is 61.4. The number of hydrogen-bond donors (Lipinski definition) is 0. The van der Waals surface area contributed by atoms with Crippen LogP contribution >= 0.6 is 47.0 Å². The van der Waals surface area contributed by atoms with E-state index in [1.807, 2.05) is 108 Å². The van der Waals surface area contributed by atoms with Gasteiger partial charge in [-0.25, -0.2) is 0 Å². The lowest BCUT2D eigenvalue weighted by Gasteiger charge is -2.37. The Balaban J connectivity index is 0.985. The van der Waals surface area contributed by atoms with Crippen molar-refractivity contribution in [3.63, 3.8) is 0 Å². The Morgan fingerprint density at radius 3 is 1.24 bits per heavy atom. The number of fused-ring (bicyclic) bond motifs is 12. The molecule has 2 nitrogen and oxygen atoms in total. The van der Waals surface area contributed by atoms with E-state index in [2.05, 4.69) is 109 Å². The minimum atomic E-state index is 0.146. The van der Waals surface area contributed by atoms with E-state index in [0.717, 1.165) is 23.0 Å². The minimum absolute atomic E-state index is 0.146. The molecule has 0 N–H and O–H groups in total. The molecule has 0 saturated carbocycles. The molecule has 13 rings (SSSR count). The van der Waals surface area contributed by atoms with Crippen LogP contribution in [-0.4, -0.2) is 13.4 Å². The summed E-state index contributed by atoms with van der Waals surface area (Å²) >= 11 is 7.71. The topological polar surface area (TPSA) is 18.5 Å². The Bertz CT molecular complexity index is 3000. The molecule has 0 bridgehead atoms. The van der Waals surface area contributed by atoms with Crippen LogP contribution < -0.4 is 42.3 Å². The number of para-hydroxylation sites is 2. The SMILES string of the molecule is c1ccc(Oc2ccc3c4c5c(cc3c2)Sc2cc3c(cc2B5c2ccccc2S4)B2c4ccccc4Sc4c2c(cc2cc(Oc5ccccc5)ccc42)S3)cc1. The Kier molecular flexibility index (Phi) is 7.57. The first-order valence-corrected chi connectivity index (χ1v) is 22.7. The highest BCUT2D eigenvalue weighted by atomic mass is 32.2. The fourth-order valence-corrected chi connectivity index (χ4v) is 14.5. The van der Waals surface area contributed by atoms with Crippen molar-refractivity contribution in [2.45, 2.75) is 39.2 Å². The van der Waals surface area contributed by atoms with E-state index in [4.69, 9.17) is 9.47 Å². The van der Waals surface area contributed by atoms with Crippen LogP contribution in [0.3, 0.4) is 0 Å². The van der Waals surface area contributed by atoms with E-state index in [0.29, 0.717) is 0 Å². The third-order valence-corrected chi connectivity index (χ3v) is 16.5. The Labute approximate surface area is 353 Å². The van der Waals surface area contributed by atoms with Gasteiger partial charge in [-0.05, 0) is 123 Å². The van der Waals surface area contributed by atoms with Crippen molar-refractivity contribution >= 4 is 115 Å². The molecular formula is C50H28B2O2S4. The van der Waals surface area contributed by atoms with Crippen molar-refractivity contribution in [2.75, 3.05) is 0 Å². The van der Waals surface area contributed by atoms with Gasteiger partial charge in [-0.1, -0.05) is 148 Å². The van der Waals surface area contributed by atoms with Crippen molar-refractivity contribution in [2.24, 2.45) is 0 Å². The molecule has 4 aliphatic heterocycles. The first kappa shape index (κ1) is 33.6. The Hall–Kier alpha value is -5.37. The molecule has 0 spiro atoms. The maximum Gasteiger partial charge on any atom is 0.247 e. The smallest absolute Gasteiger partial charge is 0.247 e. The molecule has 9 aromatic rings. The van der Waals surface area contributed by atoms with Crippen LogP contribution in [0.5, 0.6) is 23.0 Å². The molecule has 0 radical (unpaired) electrons. The Morgan fingerprint density at radius 1 is 0.310 bits per heavy atom. The highest BCUT2D eigenvalue weighted by Crippen LogP contribution is 2.47. The monoisotopic (exact) mass is 810 g/mol. The van der Waals surface area contributed by atoms with E-state index in [1.54, 1.807) is 0 Å². The maximum absolute atomic E-state index is 6.34. The molecule has 4 heterocycles. The molecule has 0 amide bonds. The largest absolute Gasteiger partial charge is 0.457 e. The van der Waals surface area contributed by atoms with E-state index < -0.39 is 0 Å². The third kappa shape index (κ3) is 5.22. The summed E-state index contributed by atoms with van der Waals surface area (Å²) in [5.74, 6) is 3.39. The van der Waals surface area contributed by atoms with Crippen molar-refractivity contribution in [3.05, 3.63) is 170 Å². The number of benzene rings is 9. The van der Waals surface area contributed by atoms with Crippen molar-refractivity contribution in [1.82, 2.24) is 0 Å². The maximum atomic E-state index is 6.34. The molecule has 0 atom stereocenters. The highest BCUT2D eigenvalue weighted by molar-refractivity contribution is 8.02. The molecule has 0 saturated heterocycles. The van der Waals surface area contributed by atoms with Crippen LogP contribution in [0.25, 0.3) is 21.5 Å². The van der Waals surface area contributed by atoms with Gasteiger partial charge in [-0.3, -0.25) is 0 Å². The van der Waals surface area contributed by atoms with E-state index in [-0.39, 0.29) is 13.4 Å². The van der Waals surface area contributed by atoms with Crippen molar-refractivity contribution in [1.29, 1.82) is 0 Å². The zero-order chi connectivity index (χ0) is 37.9. The average Bonchev–Trinajstić information content (AvgIpc) is 3.26. The predicted octanol–water partition coefficient (Wildman–Crippen LogP) is 10.5. The van der Waals surface area contributed by atoms with Crippen LogP contribution in [0, 0.1) is 0 Å². The van der Waals surface area contributed by atoms with Gasteiger partial charge in [0.2, 0.25) is 13.4 Å². The molecule has 8 heteroatoms. The lowest BCUT2D eigenvalue weighted by Crippen LogP contribution is -2.62. The lowest BCUT2D eigenvalue weighted by molar-refractivity contribution is 0.483. The van der Waals surface area contributed by atoms with E-state index in [9.17, 15) is 0 Å². The van der Waals surface area contributed by atoms with E-state index in [1.165, 1.54) is 93.5 Å². The van der Waals surface area contributed by atoms with Crippen LogP contribution in [0.4, 0.5) is 0 Å². The molecule has 0 fully saturated rings. The van der Waals surface area contributed by atoms with Gasteiger partial charge < -0.3 is 9.47 Å². The first-order chi connectivity index (χ1) is 28.7. The molecule has 58 heavy (non-hydrogen) atoms. The van der Waals surface area contributed by atoms with Crippen molar-refractivity contribution < 1.29 is 9.47 Å². The van der Waals surface area contributed by atoms with Gasteiger partial charge in [0.1, 0.15) is 23.0 Å². The summed E-state index contributed by atoms with van der Waals surface area (Å²) in [5.41, 5.74) is 8.50. The normalized spacial score (nSPS) is 13.9. The number of rotatable bonds is 4.